The van der Waals surface area contributed by atoms with Crippen molar-refractivity contribution < 1.29 is 27.9 Å². The van der Waals surface area contributed by atoms with Gasteiger partial charge in [0.1, 0.15) is 11.6 Å². The van der Waals surface area contributed by atoms with Crippen LogP contribution in [0.5, 0.6) is 0 Å². The molecular formula is C23H17F2NO4. The number of para-hydroxylation sites is 1. The second-order valence-electron chi connectivity index (χ2n) is 6.49. The monoisotopic (exact) mass is 409 g/mol. The Bertz CT molecular complexity index is 1130. The lowest BCUT2D eigenvalue weighted by Crippen LogP contribution is -2.18. The molecule has 0 unspecified atom stereocenters. The number of ketones is 1. The molecule has 0 saturated carbocycles. The molecule has 1 amide bonds. The van der Waals surface area contributed by atoms with Crippen LogP contribution in [0, 0.1) is 18.6 Å². The zero-order chi connectivity index (χ0) is 21.7. The largest absolute Gasteiger partial charge is 0.454 e. The van der Waals surface area contributed by atoms with Gasteiger partial charge in [-0.1, -0.05) is 29.8 Å². The summed E-state index contributed by atoms with van der Waals surface area (Å²) in [5.74, 6) is -3.89. The first-order valence-electron chi connectivity index (χ1n) is 8.97. The van der Waals surface area contributed by atoms with E-state index in [0.29, 0.717) is 5.56 Å². The van der Waals surface area contributed by atoms with E-state index >= 15 is 0 Å². The molecule has 3 rings (SSSR count). The van der Waals surface area contributed by atoms with Crippen molar-refractivity contribution in [1.82, 2.24) is 0 Å². The van der Waals surface area contributed by atoms with E-state index in [9.17, 15) is 23.2 Å². The summed E-state index contributed by atoms with van der Waals surface area (Å²) in [4.78, 5) is 37.0. The smallest absolute Gasteiger partial charge is 0.340 e. The molecule has 1 N–H and O–H groups in total. The van der Waals surface area contributed by atoms with Crippen molar-refractivity contribution in [3.8, 4) is 0 Å². The van der Waals surface area contributed by atoms with Gasteiger partial charge in [0.05, 0.1) is 16.8 Å². The molecule has 0 bridgehead atoms. The molecule has 7 heteroatoms. The van der Waals surface area contributed by atoms with Crippen LogP contribution in [0.2, 0.25) is 0 Å². The zero-order valence-corrected chi connectivity index (χ0v) is 15.9. The minimum absolute atomic E-state index is 0.0195. The van der Waals surface area contributed by atoms with Crippen molar-refractivity contribution in [2.45, 2.75) is 6.92 Å². The lowest BCUT2D eigenvalue weighted by Gasteiger charge is -2.11. The van der Waals surface area contributed by atoms with Gasteiger partial charge in [-0.15, -0.1) is 0 Å². The van der Waals surface area contributed by atoms with Crippen LogP contribution >= 0.6 is 0 Å². The SMILES string of the molecule is Cc1cccc(C(=O)Nc2ccccc2C(=O)OCC(=O)c2cc(F)ccc2F)c1. The third kappa shape index (κ3) is 4.94. The summed E-state index contributed by atoms with van der Waals surface area (Å²) in [6, 6.07) is 15.5. The van der Waals surface area contributed by atoms with Gasteiger partial charge >= 0.3 is 5.97 Å². The predicted molar refractivity (Wildman–Crippen MR) is 107 cm³/mol. The number of Topliss-reactive ketones (excluding diaryl/α,β-unsaturated/α-hetero) is 1. The molecule has 0 spiro atoms. The molecule has 0 aliphatic carbocycles. The molecule has 0 radical (unpaired) electrons. The number of halogens is 2. The van der Waals surface area contributed by atoms with E-state index in [1.54, 1.807) is 30.3 Å². The molecule has 0 aliphatic heterocycles. The highest BCUT2D eigenvalue weighted by atomic mass is 19.1. The summed E-state index contributed by atoms with van der Waals surface area (Å²) in [7, 11) is 0. The first-order chi connectivity index (χ1) is 14.3. The molecule has 30 heavy (non-hydrogen) atoms. The van der Waals surface area contributed by atoms with Crippen LogP contribution in [0.15, 0.2) is 66.7 Å². The van der Waals surface area contributed by atoms with Crippen LogP contribution in [0.4, 0.5) is 14.5 Å². The third-order valence-electron chi connectivity index (χ3n) is 4.24. The summed E-state index contributed by atoms with van der Waals surface area (Å²) >= 11 is 0. The number of anilines is 1. The number of hydrogen-bond acceptors (Lipinski definition) is 4. The van der Waals surface area contributed by atoms with Gasteiger partial charge in [-0.3, -0.25) is 9.59 Å². The van der Waals surface area contributed by atoms with Crippen LogP contribution < -0.4 is 5.32 Å². The summed E-state index contributed by atoms with van der Waals surface area (Å²) < 4.78 is 31.9. The molecule has 5 nitrogen and oxygen atoms in total. The Balaban J connectivity index is 1.72. The van der Waals surface area contributed by atoms with E-state index in [4.69, 9.17) is 4.74 Å². The Morgan fingerprint density at radius 3 is 2.43 bits per heavy atom. The van der Waals surface area contributed by atoms with E-state index in [0.717, 1.165) is 23.8 Å². The number of aryl methyl sites for hydroxylation is 1. The number of carbonyl (C=O) groups excluding carboxylic acids is 3. The second kappa shape index (κ2) is 9.09. The summed E-state index contributed by atoms with van der Waals surface area (Å²) in [6.07, 6.45) is 0. The lowest BCUT2D eigenvalue weighted by atomic mass is 10.1. The molecule has 152 valence electrons. The number of carbonyl (C=O) groups is 3. The number of amides is 1. The Labute approximate surface area is 171 Å². The van der Waals surface area contributed by atoms with E-state index in [-0.39, 0.29) is 11.3 Å². The topological polar surface area (TPSA) is 72.5 Å². The van der Waals surface area contributed by atoms with Crippen LogP contribution in [0.3, 0.4) is 0 Å². The molecule has 3 aromatic rings. The molecule has 0 aromatic heterocycles. The minimum Gasteiger partial charge on any atom is -0.454 e. The average Bonchev–Trinajstić information content (AvgIpc) is 2.74. The van der Waals surface area contributed by atoms with Crippen LogP contribution in [0.25, 0.3) is 0 Å². The number of rotatable bonds is 6. The molecule has 3 aromatic carbocycles. The van der Waals surface area contributed by atoms with Crippen molar-refractivity contribution in [3.05, 3.63) is 101 Å². The highest BCUT2D eigenvalue weighted by Crippen LogP contribution is 2.18. The Morgan fingerprint density at radius 1 is 0.900 bits per heavy atom. The van der Waals surface area contributed by atoms with Gasteiger partial charge in [0, 0.05) is 5.56 Å². The third-order valence-corrected chi connectivity index (χ3v) is 4.24. The van der Waals surface area contributed by atoms with Gasteiger partial charge < -0.3 is 10.1 Å². The maximum atomic E-state index is 13.7. The van der Waals surface area contributed by atoms with E-state index in [2.05, 4.69) is 5.32 Å². The van der Waals surface area contributed by atoms with Crippen molar-refractivity contribution in [1.29, 1.82) is 0 Å². The maximum absolute atomic E-state index is 13.7. The molecule has 0 atom stereocenters. The Hall–Kier alpha value is -3.87. The van der Waals surface area contributed by atoms with E-state index in [1.807, 2.05) is 13.0 Å². The van der Waals surface area contributed by atoms with Gasteiger partial charge in [-0.25, -0.2) is 13.6 Å². The fourth-order valence-electron chi connectivity index (χ4n) is 2.75. The molecular weight excluding hydrogens is 392 g/mol. The Kier molecular flexibility index (Phi) is 6.32. The summed E-state index contributed by atoms with van der Waals surface area (Å²) in [5, 5.41) is 2.64. The predicted octanol–water partition coefficient (Wildman–Crippen LogP) is 4.57. The molecule has 0 saturated heterocycles. The summed E-state index contributed by atoms with van der Waals surface area (Å²) in [6.45, 7) is 1.07. The van der Waals surface area contributed by atoms with Crippen molar-refractivity contribution in [2.75, 3.05) is 11.9 Å². The standard InChI is InChI=1S/C23H17F2NO4/c1-14-5-4-6-15(11-14)22(28)26-20-8-3-2-7-17(20)23(29)30-13-21(27)18-12-16(24)9-10-19(18)25/h2-12H,13H2,1H3,(H,26,28). The Morgan fingerprint density at radius 2 is 1.67 bits per heavy atom. The number of benzene rings is 3. The van der Waals surface area contributed by atoms with Gasteiger partial charge in [-0.2, -0.15) is 0 Å². The number of hydrogen-bond donors (Lipinski definition) is 1. The number of nitrogens with one attached hydrogen (secondary N) is 1. The quantitative estimate of drug-likeness (QED) is 0.478. The maximum Gasteiger partial charge on any atom is 0.340 e. The zero-order valence-electron chi connectivity index (χ0n) is 15.9. The van der Waals surface area contributed by atoms with Crippen molar-refractivity contribution >= 4 is 23.3 Å². The molecule has 0 fully saturated rings. The molecule has 0 heterocycles. The van der Waals surface area contributed by atoms with Crippen LogP contribution in [-0.2, 0) is 4.74 Å². The highest BCUT2D eigenvalue weighted by molar-refractivity contribution is 6.08. The fraction of sp³-hybridized carbons (Fsp3) is 0.0870. The summed E-state index contributed by atoms with van der Waals surface area (Å²) in [5.41, 5.74) is 1.02. The van der Waals surface area contributed by atoms with E-state index < -0.39 is 41.5 Å². The highest BCUT2D eigenvalue weighted by Gasteiger charge is 2.19. The first-order valence-corrected chi connectivity index (χ1v) is 8.97. The lowest BCUT2D eigenvalue weighted by molar-refractivity contribution is 0.0474. The fourth-order valence-corrected chi connectivity index (χ4v) is 2.75. The van der Waals surface area contributed by atoms with Gasteiger partial charge in [0.15, 0.2) is 6.61 Å². The molecule has 0 aliphatic rings. The van der Waals surface area contributed by atoms with Gasteiger partial charge in [0.2, 0.25) is 5.78 Å². The number of ether oxygens (including phenoxy) is 1. The van der Waals surface area contributed by atoms with Crippen molar-refractivity contribution in [3.63, 3.8) is 0 Å². The van der Waals surface area contributed by atoms with Crippen molar-refractivity contribution in [2.24, 2.45) is 0 Å². The van der Waals surface area contributed by atoms with E-state index in [1.165, 1.54) is 12.1 Å². The minimum atomic E-state index is -0.914. The van der Waals surface area contributed by atoms with Gasteiger partial charge in [-0.05, 0) is 49.4 Å². The first kappa shape index (κ1) is 20.9. The van der Waals surface area contributed by atoms with Crippen LogP contribution in [-0.4, -0.2) is 24.3 Å². The van der Waals surface area contributed by atoms with Gasteiger partial charge in [0.25, 0.3) is 5.91 Å². The second-order valence-corrected chi connectivity index (χ2v) is 6.49. The number of esters is 1. The van der Waals surface area contributed by atoms with Crippen LogP contribution in [0.1, 0.15) is 36.6 Å². The average molecular weight is 409 g/mol. The normalized spacial score (nSPS) is 10.4.